The highest BCUT2D eigenvalue weighted by atomic mass is 32.1. The van der Waals surface area contributed by atoms with Crippen LogP contribution < -0.4 is 9.64 Å². The Hall–Kier alpha value is -2.65. The fourth-order valence-electron chi connectivity index (χ4n) is 4.51. The molecule has 0 N–H and O–H groups in total. The molecule has 0 aliphatic heterocycles. The second kappa shape index (κ2) is 10.7. The largest absolute Gasteiger partial charge is 0.479 e. The Morgan fingerprint density at radius 3 is 2.50 bits per heavy atom. The number of ether oxygens (including phenoxy) is 3. The third kappa shape index (κ3) is 4.90. The molecule has 0 atom stereocenters. The van der Waals surface area contributed by atoms with Crippen LogP contribution in [0.5, 0.6) is 5.75 Å². The summed E-state index contributed by atoms with van der Waals surface area (Å²) in [5, 5.41) is 0.952. The molecule has 0 spiro atoms. The molecule has 0 bridgehead atoms. The van der Waals surface area contributed by atoms with Gasteiger partial charge in [-0.15, -0.1) is 22.7 Å². The van der Waals surface area contributed by atoms with Gasteiger partial charge in [-0.2, -0.15) is 0 Å². The lowest BCUT2D eigenvalue weighted by Gasteiger charge is -2.29. The molecule has 1 fully saturated rings. The second-order valence-corrected chi connectivity index (χ2v) is 10.4. The van der Waals surface area contributed by atoms with Crippen molar-refractivity contribution in [1.82, 2.24) is 0 Å². The van der Waals surface area contributed by atoms with Gasteiger partial charge in [0, 0.05) is 18.9 Å². The fourth-order valence-corrected chi connectivity index (χ4v) is 7.21. The first kappa shape index (κ1) is 24.5. The second-order valence-electron chi connectivity index (χ2n) is 8.39. The van der Waals surface area contributed by atoms with Crippen LogP contribution in [0, 0.1) is 5.92 Å². The van der Waals surface area contributed by atoms with E-state index < -0.39 is 11.9 Å². The number of esters is 2. The van der Waals surface area contributed by atoms with Gasteiger partial charge >= 0.3 is 11.9 Å². The van der Waals surface area contributed by atoms with E-state index in [-0.39, 0.29) is 19.1 Å². The van der Waals surface area contributed by atoms with Crippen LogP contribution in [0.1, 0.15) is 55.6 Å². The average molecular weight is 504 g/mol. The number of nitrogens with zero attached hydrogens (tertiary/aromatic N) is 1. The fraction of sp³-hybridized carbons (Fsp3) is 0.480. The summed E-state index contributed by atoms with van der Waals surface area (Å²) in [4.78, 5) is 39.2. The van der Waals surface area contributed by atoms with Gasteiger partial charge in [0.25, 0.3) is 0 Å². The molecule has 7 nitrogen and oxygen atoms in total. The number of amides is 1. The van der Waals surface area contributed by atoms with Crippen molar-refractivity contribution >= 4 is 65.7 Å². The molecule has 0 unspecified atom stereocenters. The number of carbonyl (C=O) groups excluding carboxylic acids is 3. The number of hydrogen-bond acceptors (Lipinski definition) is 8. The number of rotatable bonds is 8. The first-order chi connectivity index (χ1) is 16.4. The van der Waals surface area contributed by atoms with Crippen molar-refractivity contribution < 1.29 is 28.6 Å². The molecule has 0 radical (unpaired) electrons. The van der Waals surface area contributed by atoms with Crippen molar-refractivity contribution in [3.8, 4) is 5.75 Å². The molecule has 9 heteroatoms. The molecule has 34 heavy (non-hydrogen) atoms. The number of thiophene rings is 2. The smallest absolute Gasteiger partial charge is 0.351 e. The topological polar surface area (TPSA) is 82.1 Å². The van der Waals surface area contributed by atoms with Crippen LogP contribution in [0.15, 0.2) is 18.2 Å². The zero-order chi connectivity index (χ0) is 24.2. The average Bonchev–Trinajstić information content (AvgIpc) is 3.38. The van der Waals surface area contributed by atoms with E-state index in [1.54, 1.807) is 13.8 Å². The SMILES string of the molecule is CCOC(=O)COc1c(C(=O)OC)sc2c1sc1c(N(CC3CCCCC3)C(C)=O)cccc12. The van der Waals surface area contributed by atoms with Gasteiger partial charge in [0.15, 0.2) is 17.2 Å². The van der Waals surface area contributed by atoms with Crippen molar-refractivity contribution in [2.45, 2.75) is 46.0 Å². The summed E-state index contributed by atoms with van der Waals surface area (Å²) in [5.74, 6) is -0.171. The van der Waals surface area contributed by atoms with Crippen LogP contribution in [-0.4, -0.2) is 44.7 Å². The van der Waals surface area contributed by atoms with E-state index in [4.69, 9.17) is 14.2 Å². The molecule has 2 aromatic heterocycles. The van der Waals surface area contributed by atoms with Crippen LogP contribution in [0.2, 0.25) is 0 Å². The number of hydrogen-bond donors (Lipinski definition) is 0. The number of carbonyl (C=O) groups is 3. The summed E-state index contributed by atoms with van der Waals surface area (Å²) in [6.07, 6.45) is 5.99. The van der Waals surface area contributed by atoms with Crippen molar-refractivity contribution in [3.63, 3.8) is 0 Å². The highest BCUT2D eigenvalue weighted by Crippen LogP contribution is 2.49. The van der Waals surface area contributed by atoms with E-state index in [0.29, 0.717) is 23.1 Å². The summed E-state index contributed by atoms with van der Waals surface area (Å²) < 4.78 is 18.3. The Kier molecular flexibility index (Phi) is 7.73. The Morgan fingerprint density at radius 1 is 1.06 bits per heavy atom. The van der Waals surface area contributed by atoms with Gasteiger partial charge in [-0.05, 0) is 31.7 Å². The van der Waals surface area contributed by atoms with E-state index in [2.05, 4.69) is 0 Å². The van der Waals surface area contributed by atoms with E-state index in [0.717, 1.165) is 38.0 Å². The van der Waals surface area contributed by atoms with Crippen LogP contribution in [0.3, 0.4) is 0 Å². The van der Waals surface area contributed by atoms with E-state index >= 15 is 0 Å². The maximum Gasteiger partial charge on any atom is 0.351 e. The minimum atomic E-state index is -0.515. The number of methoxy groups -OCH3 is 1. The molecular weight excluding hydrogens is 474 g/mol. The van der Waals surface area contributed by atoms with Crippen molar-refractivity contribution in [3.05, 3.63) is 23.1 Å². The minimum absolute atomic E-state index is 0.0175. The van der Waals surface area contributed by atoms with Crippen LogP contribution >= 0.6 is 22.7 Å². The summed E-state index contributed by atoms with van der Waals surface area (Å²) >= 11 is 2.75. The summed E-state index contributed by atoms with van der Waals surface area (Å²) in [6, 6.07) is 5.91. The quantitative estimate of drug-likeness (QED) is 0.363. The molecular formula is C25H29NO6S2. The number of fused-ring (bicyclic) bond motifs is 3. The van der Waals surface area contributed by atoms with Crippen molar-refractivity contribution in [2.75, 3.05) is 31.8 Å². The van der Waals surface area contributed by atoms with Gasteiger partial charge in [-0.1, -0.05) is 31.4 Å². The number of benzene rings is 1. The molecule has 1 aliphatic rings. The molecule has 1 saturated carbocycles. The molecule has 1 amide bonds. The normalized spacial score (nSPS) is 14.3. The first-order valence-corrected chi connectivity index (χ1v) is 13.2. The van der Waals surface area contributed by atoms with Gasteiger partial charge in [0.2, 0.25) is 5.91 Å². The zero-order valence-corrected chi connectivity index (χ0v) is 21.3. The predicted molar refractivity (Wildman–Crippen MR) is 135 cm³/mol. The Balaban J connectivity index is 1.77. The summed E-state index contributed by atoms with van der Waals surface area (Å²) in [7, 11) is 1.32. The van der Waals surface area contributed by atoms with Gasteiger partial charge in [-0.25, -0.2) is 9.59 Å². The van der Waals surface area contributed by atoms with Gasteiger partial charge in [0.05, 0.1) is 33.5 Å². The highest BCUT2D eigenvalue weighted by molar-refractivity contribution is 7.34. The van der Waals surface area contributed by atoms with Crippen molar-refractivity contribution in [1.29, 1.82) is 0 Å². The Morgan fingerprint density at radius 2 is 1.82 bits per heavy atom. The minimum Gasteiger partial charge on any atom is -0.479 e. The van der Waals surface area contributed by atoms with E-state index in [9.17, 15) is 14.4 Å². The summed E-state index contributed by atoms with van der Waals surface area (Å²) in [5.41, 5.74) is 0.875. The first-order valence-electron chi connectivity index (χ1n) is 11.6. The third-order valence-corrected chi connectivity index (χ3v) is 8.65. The van der Waals surface area contributed by atoms with E-state index in [1.165, 1.54) is 49.0 Å². The van der Waals surface area contributed by atoms with Crippen LogP contribution in [0.4, 0.5) is 5.69 Å². The molecule has 0 saturated heterocycles. The number of anilines is 1. The monoisotopic (exact) mass is 503 g/mol. The third-order valence-electron chi connectivity index (χ3n) is 6.11. The molecule has 2 heterocycles. The zero-order valence-electron chi connectivity index (χ0n) is 19.7. The lowest BCUT2D eigenvalue weighted by atomic mass is 9.89. The molecule has 1 aliphatic carbocycles. The summed E-state index contributed by atoms with van der Waals surface area (Å²) in [6.45, 7) is 3.99. The highest BCUT2D eigenvalue weighted by Gasteiger charge is 2.27. The van der Waals surface area contributed by atoms with E-state index in [1.807, 2.05) is 23.1 Å². The van der Waals surface area contributed by atoms with Crippen LogP contribution in [-0.2, 0) is 19.1 Å². The lowest BCUT2D eigenvalue weighted by Crippen LogP contribution is -2.34. The van der Waals surface area contributed by atoms with Crippen molar-refractivity contribution in [2.24, 2.45) is 5.92 Å². The maximum absolute atomic E-state index is 12.7. The predicted octanol–water partition coefficient (Wildman–Crippen LogP) is 5.78. The maximum atomic E-state index is 12.7. The molecule has 3 aromatic rings. The van der Waals surface area contributed by atoms with Gasteiger partial charge < -0.3 is 19.1 Å². The standard InChI is InChI=1S/C25H29NO6S2/c1-4-31-19(28)14-32-20-23-22(34-24(20)25(29)30-3)17-11-8-12-18(21(17)33-23)26(15(2)27)13-16-9-6-5-7-10-16/h8,11-12,16H,4-7,9-10,13-14H2,1-3H3. The molecule has 1 aromatic carbocycles. The van der Waals surface area contributed by atoms with Crippen LogP contribution in [0.25, 0.3) is 19.5 Å². The molecule has 182 valence electrons. The Labute approximate surface area is 206 Å². The lowest BCUT2D eigenvalue weighted by molar-refractivity contribution is -0.145. The Bertz CT molecular complexity index is 1210. The van der Waals surface area contributed by atoms with Gasteiger partial charge in [-0.3, -0.25) is 4.79 Å². The molecule has 4 rings (SSSR count). The van der Waals surface area contributed by atoms with Gasteiger partial charge in [0.1, 0.15) is 0 Å².